The number of hydrogen-bond donors (Lipinski definition) is 1. The van der Waals surface area contributed by atoms with E-state index in [2.05, 4.69) is 4.74 Å². The monoisotopic (exact) mass is 171 g/mol. The Labute approximate surface area is 71.1 Å². The number of esters is 1. The van der Waals surface area contributed by atoms with Crippen LogP contribution in [-0.4, -0.2) is 19.0 Å². The Balaban J connectivity index is 2.45. The van der Waals surface area contributed by atoms with Crippen molar-refractivity contribution in [3.63, 3.8) is 0 Å². The van der Waals surface area contributed by atoms with Crippen molar-refractivity contribution in [3.05, 3.63) is 0 Å². The quantitative estimate of drug-likeness (QED) is 0.597. The highest BCUT2D eigenvalue weighted by Gasteiger charge is 2.33. The van der Waals surface area contributed by atoms with Gasteiger partial charge in [0.05, 0.1) is 13.0 Å². The van der Waals surface area contributed by atoms with Crippen molar-refractivity contribution < 1.29 is 14.3 Å². The molecule has 0 radical (unpaired) electrons. The third-order valence-electron chi connectivity index (χ3n) is 2.37. The first-order valence-corrected chi connectivity index (χ1v) is 4.02. The minimum absolute atomic E-state index is 0.118. The third-order valence-corrected chi connectivity index (χ3v) is 2.37. The number of ether oxygens (including phenoxy) is 1. The smallest absolute Gasteiger partial charge is 0.308 e. The molecule has 1 aliphatic carbocycles. The van der Waals surface area contributed by atoms with Crippen LogP contribution in [0, 0.1) is 11.8 Å². The van der Waals surface area contributed by atoms with Crippen molar-refractivity contribution in [2.24, 2.45) is 17.6 Å². The van der Waals surface area contributed by atoms with Gasteiger partial charge in [0.15, 0.2) is 0 Å². The second-order valence-electron chi connectivity index (χ2n) is 3.13. The summed E-state index contributed by atoms with van der Waals surface area (Å²) in [5.41, 5.74) is 5.11. The second kappa shape index (κ2) is 3.56. The molecule has 2 N–H and O–H groups in total. The van der Waals surface area contributed by atoms with Crippen LogP contribution in [0.5, 0.6) is 0 Å². The topological polar surface area (TPSA) is 69.4 Å². The van der Waals surface area contributed by atoms with Crippen molar-refractivity contribution in [1.29, 1.82) is 0 Å². The summed E-state index contributed by atoms with van der Waals surface area (Å²) in [4.78, 5) is 21.7. The number of carbonyl (C=O) groups excluding carboxylic acids is 2. The van der Waals surface area contributed by atoms with Gasteiger partial charge in [0.2, 0.25) is 5.91 Å². The maximum atomic E-state index is 11.0. The van der Waals surface area contributed by atoms with E-state index >= 15 is 0 Å². The zero-order valence-corrected chi connectivity index (χ0v) is 7.08. The lowest BCUT2D eigenvalue weighted by molar-refractivity contribution is -0.145. The maximum Gasteiger partial charge on any atom is 0.308 e. The SMILES string of the molecule is COC(=O)[C@H]1CC[C@@H](C(N)=O)C1. The number of hydrogen-bond acceptors (Lipinski definition) is 3. The van der Waals surface area contributed by atoms with Crippen LogP contribution in [0.25, 0.3) is 0 Å². The van der Waals surface area contributed by atoms with Crippen molar-refractivity contribution in [2.75, 3.05) is 7.11 Å². The molecule has 0 heterocycles. The van der Waals surface area contributed by atoms with Crippen LogP contribution in [0.4, 0.5) is 0 Å². The molecule has 0 aromatic carbocycles. The van der Waals surface area contributed by atoms with Crippen LogP contribution in [0.2, 0.25) is 0 Å². The van der Waals surface area contributed by atoms with Crippen molar-refractivity contribution in [3.8, 4) is 0 Å². The highest BCUT2D eigenvalue weighted by molar-refractivity contribution is 5.79. The molecule has 2 atom stereocenters. The molecule has 1 saturated carbocycles. The first-order chi connectivity index (χ1) is 5.65. The average molecular weight is 171 g/mol. The summed E-state index contributed by atoms with van der Waals surface area (Å²) in [6, 6.07) is 0. The average Bonchev–Trinajstić information content (AvgIpc) is 2.51. The van der Waals surface area contributed by atoms with Crippen LogP contribution in [0.15, 0.2) is 0 Å². The van der Waals surface area contributed by atoms with Gasteiger partial charge < -0.3 is 10.5 Å². The van der Waals surface area contributed by atoms with Crippen molar-refractivity contribution >= 4 is 11.9 Å². The lowest BCUT2D eigenvalue weighted by atomic mass is 10.1. The molecule has 0 saturated heterocycles. The molecular formula is C8H13NO3. The predicted molar refractivity (Wildman–Crippen MR) is 42.0 cm³/mol. The molecule has 4 nitrogen and oxygen atoms in total. The number of amides is 1. The zero-order chi connectivity index (χ0) is 9.14. The molecule has 12 heavy (non-hydrogen) atoms. The fourth-order valence-electron chi connectivity index (χ4n) is 1.62. The van der Waals surface area contributed by atoms with Crippen LogP contribution < -0.4 is 5.73 Å². The normalized spacial score (nSPS) is 28.4. The van der Waals surface area contributed by atoms with E-state index in [1.807, 2.05) is 0 Å². The molecular weight excluding hydrogens is 158 g/mol. The fourth-order valence-corrected chi connectivity index (χ4v) is 1.62. The molecule has 1 aliphatic rings. The van der Waals surface area contributed by atoms with Crippen LogP contribution >= 0.6 is 0 Å². The van der Waals surface area contributed by atoms with Gasteiger partial charge in [0.1, 0.15) is 0 Å². The van der Waals surface area contributed by atoms with Gasteiger partial charge in [-0.1, -0.05) is 0 Å². The Morgan fingerprint density at radius 3 is 2.33 bits per heavy atom. The summed E-state index contributed by atoms with van der Waals surface area (Å²) in [5, 5.41) is 0. The molecule has 0 aliphatic heterocycles. The number of primary amides is 1. The largest absolute Gasteiger partial charge is 0.469 e. The Morgan fingerprint density at radius 2 is 1.92 bits per heavy atom. The van der Waals surface area contributed by atoms with Gasteiger partial charge in [0, 0.05) is 5.92 Å². The van der Waals surface area contributed by atoms with Crippen LogP contribution in [-0.2, 0) is 14.3 Å². The van der Waals surface area contributed by atoms with E-state index < -0.39 is 0 Å². The molecule has 1 rings (SSSR count). The van der Waals surface area contributed by atoms with Crippen LogP contribution in [0.1, 0.15) is 19.3 Å². The minimum Gasteiger partial charge on any atom is -0.469 e. The van der Waals surface area contributed by atoms with Gasteiger partial charge in [-0.3, -0.25) is 9.59 Å². The van der Waals surface area contributed by atoms with E-state index in [0.29, 0.717) is 6.42 Å². The molecule has 0 aromatic rings. The van der Waals surface area contributed by atoms with Crippen molar-refractivity contribution in [2.45, 2.75) is 19.3 Å². The summed E-state index contributed by atoms with van der Waals surface area (Å²) in [6.45, 7) is 0. The number of carbonyl (C=O) groups is 2. The molecule has 68 valence electrons. The molecule has 0 spiro atoms. The molecule has 0 unspecified atom stereocenters. The van der Waals surface area contributed by atoms with E-state index in [0.717, 1.165) is 12.8 Å². The first-order valence-electron chi connectivity index (χ1n) is 4.02. The predicted octanol–water partition coefficient (Wildman–Crippen LogP) is 0.0610. The first kappa shape index (κ1) is 9.03. The fraction of sp³-hybridized carbons (Fsp3) is 0.750. The summed E-state index contributed by atoms with van der Waals surface area (Å²) < 4.78 is 4.57. The van der Waals surface area contributed by atoms with Gasteiger partial charge >= 0.3 is 5.97 Å². The Kier molecular flexibility index (Phi) is 2.68. The summed E-state index contributed by atoms with van der Waals surface area (Å²) in [5.74, 6) is -0.776. The zero-order valence-electron chi connectivity index (χ0n) is 7.08. The van der Waals surface area contributed by atoms with E-state index in [1.54, 1.807) is 0 Å². The number of nitrogens with two attached hydrogens (primary N) is 1. The Bertz CT molecular complexity index is 202. The summed E-state index contributed by atoms with van der Waals surface area (Å²) in [6.07, 6.45) is 2.00. The molecule has 0 bridgehead atoms. The third kappa shape index (κ3) is 1.75. The lowest BCUT2D eigenvalue weighted by Crippen LogP contribution is -2.22. The van der Waals surface area contributed by atoms with E-state index in [4.69, 9.17) is 5.73 Å². The molecule has 4 heteroatoms. The Hall–Kier alpha value is -1.06. The number of rotatable bonds is 2. The van der Waals surface area contributed by atoms with E-state index in [-0.39, 0.29) is 23.7 Å². The molecule has 1 fully saturated rings. The Morgan fingerprint density at radius 1 is 1.33 bits per heavy atom. The summed E-state index contributed by atoms with van der Waals surface area (Å²) in [7, 11) is 1.36. The summed E-state index contributed by atoms with van der Waals surface area (Å²) >= 11 is 0. The molecule has 0 aromatic heterocycles. The molecule has 1 amide bonds. The standard InChI is InChI=1S/C8H13NO3/c1-12-8(11)6-3-2-5(4-6)7(9)10/h5-6H,2-4H2,1H3,(H2,9,10)/t5-,6+/m1/s1. The van der Waals surface area contributed by atoms with E-state index in [1.165, 1.54) is 7.11 Å². The number of methoxy groups -OCH3 is 1. The van der Waals surface area contributed by atoms with E-state index in [9.17, 15) is 9.59 Å². The lowest BCUT2D eigenvalue weighted by Gasteiger charge is -2.05. The highest BCUT2D eigenvalue weighted by atomic mass is 16.5. The minimum atomic E-state index is -0.304. The van der Waals surface area contributed by atoms with Crippen molar-refractivity contribution in [1.82, 2.24) is 0 Å². The van der Waals surface area contributed by atoms with Crippen LogP contribution in [0.3, 0.4) is 0 Å². The highest BCUT2D eigenvalue weighted by Crippen LogP contribution is 2.31. The second-order valence-corrected chi connectivity index (χ2v) is 3.13. The van der Waals surface area contributed by atoms with Gasteiger partial charge in [-0.2, -0.15) is 0 Å². The van der Waals surface area contributed by atoms with Gasteiger partial charge in [-0.25, -0.2) is 0 Å². The van der Waals surface area contributed by atoms with Gasteiger partial charge in [-0.15, -0.1) is 0 Å². The van der Waals surface area contributed by atoms with Gasteiger partial charge in [0.25, 0.3) is 0 Å². The maximum absolute atomic E-state index is 11.0. The van der Waals surface area contributed by atoms with Gasteiger partial charge in [-0.05, 0) is 19.3 Å².